The van der Waals surface area contributed by atoms with Crippen molar-refractivity contribution < 1.29 is 4.39 Å². The molecule has 0 saturated carbocycles. The average Bonchev–Trinajstić information content (AvgIpc) is 3.62. The first-order chi connectivity index (χ1) is 29.2. The normalized spacial score (nSPS) is 11.1. The van der Waals surface area contributed by atoms with Gasteiger partial charge < -0.3 is 19.3 Å². The summed E-state index contributed by atoms with van der Waals surface area (Å²) in [7, 11) is 0. The van der Waals surface area contributed by atoms with Gasteiger partial charge in [0.1, 0.15) is 5.82 Å². The molecule has 4 nitrogen and oxygen atoms in total. The Kier molecular flexibility index (Phi) is 9.37. The number of aromatic nitrogens is 1. The van der Waals surface area contributed by atoms with Crippen molar-refractivity contribution in [1.29, 1.82) is 0 Å². The van der Waals surface area contributed by atoms with Crippen LogP contribution in [0.4, 0.5) is 55.6 Å². The number of fused-ring (bicyclic) bond motifs is 3. The molecule has 282 valence electrons. The van der Waals surface area contributed by atoms with E-state index in [2.05, 4.69) is 232 Å². The van der Waals surface area contributed by atoms with Crippen LogP contribution in [0.1, 0.15) is 0 Å². The molecule has 0 aliphatic rings. The predicted molar refractivity (Wildman–Crippen MR) is 245 cm³/mol. The van der Waals surface area contributed by atoms with Crippen molar-refractivity contribution in [2.24, 2.45) is 0 Å². The first kappa shape index (κ1) is 35.5. The van der Waals surface area contributed by atoms with Crippen molar-refractivity contribution in [3.63, 3.8) is 0 Å². The minimum atomic E-state index is -0.256. The third-order valence-corrected chi connectivity index (χ3v) is 10.7. The molecule has 1 aromatic heterocycles. The molecule has 0 spiro atoms. The van der Waals surface area contributed by atoms with Crippen LogP contribution in [-0.2, 0) is 0 Å². The summed E-state index contributed by atoms with van der Waals surface area (Å²) in [5.74, 6) is -0.256. The molecule has 9 aromatic carbocycles. The molecule has 0 amide bonds. The average molecular weight is 763 g/mol. The molecule has 0 bridgehead atoms. The van der Waals surface area contributed by atoms with E-state index in [1.807, 2.05) is 12.1 Å². The van der Waals surface area contributed by atoms with Gasteiger partial charge in [-0.2, -0.15) is 0 Å². The highest BCUT2D eigenvalue weighted by molar-refractivity contribution is 6.10. The lowest BCUT2D eigenvalue weighted by molar-refractivity contribution is 0.627. The quantitative estimate of drug-likeness (QED) is 0.138. The van der Waals surface area contributed by atoms with Crippen LogP contribution in [0.25, 0.3) is 27.5 Å². The summed E-state index contributed by atoms with van der Waals surface area (Å²) in [4.78, 5) is 6.94. The van der Waals surface area contributed by atoms with E-state index in [1.54, 1.807) is 0 Å². The summed E-state index contributed by atoms with van der Waals surface area (Å²) >= 11 is 0. The molecular weight excluding hydrogens is 724 g/mol. The maximum Gasteiger partial charge on any atom is 0.123 e. The molecule has 59 heavy (non-hydrogen) atoms. The Hall–Kier alpha value is -7.89. The van der Waals surface area contributed by atoms with Crippen LogP contribution >= 0.6 is 0 Å². The number of hydrogen-bond acceptors (Lipinski definition) is 3. The number of anilines is 9. The third-order valence-electron chi connectivity index (χ3n) is 10.7. The second-order valence-electron chi connectivity index (χ2n) is 14.4. The second kappa shape index (κ2) is 15.6. The zero-order valence-corrected chi connectivity index (χ0v) is 32.2. The van der Waals surface area contributed by atoms with E-state index in [4.69, 9.17) is 0 Å². The standard InChI is InChI=1S/C54H39FN4/c55-40-31-33-45(34-32-40)59-53-30-14-13-29-51(53)52-39-50(35-36-54(52)59)58(48-27-15-25-46(37-48)56(41-17-5-1-6-18-41)42-19-7-2-8-20-42)49-28-16-26-47(38-49)57(43-21-9-3-10-22-43)44-23-11-4-12-24-44/h1-39H. The SMILES string of the molecule is Fc1ccc(-n2c3ccccc3c3cc(N(c4cccc(N(c5ccccc5)c5ccccc5)c4)c4cccc(N(c5ccccc5)c5ccccc5)c4)ccc32)cc1. The van der Waals surface area contributed by atoms with E-state index in [9.17, 15) is 4.39 Å². The Labute approximate surface area is 343 Å². The summed E-state index contributed by atoms with van der Waals surface area (Å²) in [6.45, 7) is 0. The van der Waals surface area contributed by atoms with E-state index in [-0.39, 0.29) is 5.82 Å². The van der Waals surface area contributed by atoms with E-state index in [0.29, 0.717) is 0 Å². The Morgan fingerprint density at radius 1 is 0.271 bits per heavy atom. The fourth-order valence-corrected chi connectivity index (χ4v) is 8.16. The summed E-state index contributed by atoms with van der Waals surface area (Å²) in [5.41, 5.74) is 12.4. The van der Waals surface area contributed by atoms with Gasteiger partial charge in [0.15, 0.2) is 0 Å². The summed E-state index contributed by atoms with van der Waals surface area (Å²) < 4.78 is 16.4. The van der Waals surface area contributed by atoms with Crippen LogP contribution in [0.3, 0.4) is 0 Å². The van der Waals surface area contributed by atoms with Gasteiger partial charge in [-0.15, -0.1) is 0 Å². The van der Waals surface area contributed by atoms with Crippen molar-refractivity contribution in [1.82, 2.24) is 4.57 Å². The number of nitrogens with zero attached hydrogens (tertiary/aromatic N) is 4. The van der Waals surface area contributed by atoms with Gasteiger partial charge in [-0.3, -0.25) is 0 Å². The lowest BCUT2D eigenvalue weighted by Crippen LogP contribution is -2.14. The molecule has 1 heterocycles. The number of hydrogen-bond donors (Lipinski definition) is 0. The first-order valence-corrected chi connectivity index (χ1v) is 19.8. The summed E-state index contributed by atoms with van der Waals surface area (Å²) in [6, 6.07) is 81.4. The van der Waals surface area contributed by atoms with Crippen LogP contribution < -0.4 is 14.7 Å². The fraction of sp³-hybridized carbons (Fsp3) is 0. The van der Waals surface area contributed by atoms with Gasteiger partial charge in [0.2, 0.25) is 0 Å². The molecule has 10 rings (SSSR count). The van der Waals surface area contributed by atoms with Crippen LogP contribution in [0.2, 0.25) is 0 Å². The van der Waals surface area contributed by atoms with Gasteiger partial charge in [0.05, 0.1) is 11.0 Å². The first-order valence-electron chi connectivity index (χ1n) is 19.8. The molecule has 5 heteroatoms. The van der Waals surface area contributed by atoms with Crippen molar-refractivity contribution in [2.75, 3.05) is 14.7 Å². The van der Waals surface area contributed by atoms with Crippen LogP contribution in [0.5, 0.6) is 0 Å². The Morgan fingerprint density at radius 3 is 1.08 bits per heavy atom. The predicted octanol–water partition coefficient (Wildman–Crippen LogP) is 15.3. The van der Waals surface area contributed by atoms with Crippen molar-refractivity contribution in [3.8, 4) is 5.69 Å². The summed E-state index contributed by atoms with van der Waals surface area (Å²) in [6.07, 6.45) is 0. The Balaban J connectivity index is 1.19. The minimum Gasteiger partial charge on any atom is -0.310 e. The highest BCUT2D eigenvalue weighted by Crippen LogP contribution is 2.44. The zero-order valence-electron chi connectivity index (χ0n) is 32.2. The molecule has 0 N–H and O–H groups in total. The second-order valence-corrected chi connectivity index (χ2v) is 14.4. The molecule has 0 fully saturated rings. The number of halogens is 1. The van der Waals surface area contributed by atoms with Gasteiger partial charge in [0.25, 0.3) is 0 Å². The van der Waals surface area contributed by atoms with E-state index >= 15 is 0 Å². The fourth-order valence-electron chi connectivity index (χ4n) is 8.16. The van der Waals surface area contributed by atoms with Crippen LogP contribution in [-0.4, -0.2) is 4.57 Å². The number of rotatable bonds is 10. The van der Waals surface area contributed by atoms with Gasteiger partial charge in [-0.05, 0) is 133 Å². The van der Waals surface area contributed by atoms with Gasteiger partial charge in [-0.25, -0.2) is 4.39 Å². The molecule has 0 aliphatic carbocycles. The maximum absolute atomic E-state index is 14.1. The highest BCUT2D eigenvalue weighted by Gasteiger charge is 2.21. The lowest BCUT2D eigenvalue weighted by atomic mass is 10.1. The van der Waals surface area contributed by atoms with E-state index in [1.165, 1.54) is 12.1 Å². The molecule has 0 aliphatic heterocycles. The monoisotopic (exact) mass is 762 g/mol. The molecule has 0 saturated heterocycles. The zero-order chi connectivity index (χ0) is 39.5. The van der Waals surface area contributed by atoms with Crippen molar-refractivity contribution in [3.05, 3.63) is 242 Å². The summed E-state index contributed by atoms with van der Waals surface area (Å²) in [5, 5.41) is 2.22. The molecule has 10 aromatic rings. The molecule has 0 unspecified atom stereocenters. The van der Waals surface area contributed by atoms with Crippen molar-refractivity contribution >= 4 is 73.0 Å². The van der Waals surface area contributed by atoms with Crippen LogP contribution in [0.15, 0.2) is 237 Å². The maximum atomic E-state index is 14.1. The van der Waals surface area contributed by atoms with Gasteiger partial charge in [0, 0.05) is 67.6 Å². The molecular formula is C54H39FN4. The van der Waals surface area contributed by atoms with Gasteiger partial charge in [-0.1, -0.05) is 103 Å². The minimum absolute atomic E-state index is 0.256. The molecule has 0 atom stereocenters. The Bertz CT molecular complexity index is 2800. The topological polar surface area (TPSA) is 14.7 Å². The lowest BCUT2D eigenvalue weighted by Gasteiger charge is -2.31. The molecule has 0 radical (unpaired) electrons. The van der Waals surface area contributed by atoms with E-state index in [0.717, 1.165) is 78.7 Å². The van der Waals surface area contributed by atoms with Gasteiger partial charge >= 0.3 is 0 Å². The smallest absolute Gasteiger partial charge is 0.123 e. The third kappa shape index (κ3) is 6.85. The van der Waals surface area contributed by atoms with Crippen LogP contribution in [0, 0.1) is 5.82 Å². The number of para-hydroxylation sites is 5. The largest absolute Gasteiger partial charge is 0.310 e. The highest BCUT2D eigenvalue weighted by atomic mass is 19.1. The number of benzene rings is 9. The Morgan fingerprint density at radius 2 is 0.627 bits per heavy atom. The van der Waals surface area contributed by atoms with Crippen molar-refractivity contribution in [2.45, 2.75) is 0 Å². The van der Waals surface area contributed by atoms with E-state index < -0.39 is 0 Å².